The van der Waals surface area contributed by atoms with Gasteiger partial charge >= 0.3 is 12.1 Å². The predicted molar refractivity (Wildman–Crippen MR) is 256 cm³/mol. The molecular formula is C51H90N6O2. The maximum absolute atomic E-state index is 12.9. The summed E-state index contributed by atoms with van der Waals surface area (Å²) in [5.74, 6) is 0. The minimum Gasteiger partial charge on any atom is -0.337 e. The van der Waals surface area contributed by atoms with Crippen molar-refractivity contribution in [3.05, 3.63) is 59.7 Å². The fraction of sp³-hybridized carbons (Fsp3) is 0.725. The molecule has 4 amide bonds. The summed E-state index contributed by atoms with van der Waals surface area (Å²) < 4.78 is 0. The van der Waals surface area contributed by atoms with Gasteiger partial charge in [-0.05, 0) is 93.7 Å². The minimum atomic E-state index is -0.161. The van der Waals surface area contributed by atoms with Gasteiger partial charge in [-0.15, -0.1) is 0 Å². The van der Waals surface area contributed by atoms with E-state index < -0.39 is 0 Å². The van der Waals surface area contributed by atoms with Crippen LogP contribution in [0.25, 0.3) is 0 Å². The zero-order valence-corrected chi connectivity index (χ0v) is 38.7. The van der Waals surface area contributed by atoms with Gasteiger partial charge in [-0.25, -0.2) is 9.59 Å². The Balaban J connectivity index is 1.80. The molecule has 8 heteroatoms. The molecule has 0 unspecified atom stereocenters. The molecule has 2 aromatic rings. The Morgan fingerprint density at radius 3 is 1.03 bits per heavy atom. The molecule has 0 fully saturated rings. The maximum Gasteiger partial charge on any atom is 0.319 e. The van der Waals surface area contributed by atoms with Gasteiger partial charge in [0.15, 0.2) is 0 Å². The highest BCUT2D eigenvalue weighted by Crippen LogP contribution is 2.18. The lowest BCUT2D eigenvalue weighted by Gasteiger charge is -2.22. The van der Waals surface area contributed by atoms with E-state index in [1.165, 1.54) is 154 Å². The van der Waals surface area contributed by atoms with Crippen LogP contribution in [0.3, 0.4) is 0 Å². The molecule has 0 bridgehead atoms. The SMILES string of the molecule is CCCCCCCCN(CCCCCCCC)CCNC(=O)Nc1cccc(Cc2cccc(NC(=O)NCCN(CCCCCCCC)CCCCCCCC)c2)c1. The molecule has 0 aliphatic rings. The highest BCUT2D eigenvalue weighted by Gasteiger charge is 2.10. The summed E-state index contributed by atoms with van der Waals surface area (Å²) >= 11 is 0. The number of hydrogen-bond donors (Lipinski definition) is 4. The summed E-state index contributed by atoms with van der Waals surface area (Å²) in [5.41, 5.74) is 3.77. The van der Waals surface area contributed by atoms with Gasteiger partial charge in [-0.3, -0.25) is 0 Å². The van der Waals surface area contributed by atoms with E-state index in [0.29, 0.717) is 19.5 Å². The number of hydrogen-bond acceptors (Lipinski definition) is 4. The van der Waals surface area contributed by atoms with Crippen molar-refractivity contribution >= 4 is 23.4 Å². The molecule has 0 radical (unpaired) electrons. The molecule has 0 spiro atoms. The van der Waals surface area contributed by atoms with Gasteiger partial charge in [-0.1, -0.05) is 180 Å². The van der Waals surface area contributed by atoms with Gasteiger partial charge in [-0.2, -0.15) is 0 Å². The van der Waals surface area contributed by atoms with E-state index in [1.54, 1.807) is 0 Å². The van der Waals surface area contributed by atoms with Crippen LogP contribution in [0.4, 0.5) is 21.0 Å². The zero-order chi connectivity index (χ0) is 42.4. The number of unbranched alkanes of at least 4 members (excludes halogenated alkanes) is 20. The van der Waals surface area contributed by atoms with Crippen LogP contribution in [-0.4, -0.2) is 74.2 Å². The first-order valence-corrected chi connectivity index (χ1v) is 24.7. The van der Waals surface area contributed by atoms with E-state index in [9.17, 15) is 9.59 Å². The number of anilines is 2. The fourth-order valence-electron chi connectivity index (χ4n) is 7.89. The monoisotopic (exact) mass is 819 g/mol. The molecule has 2 aromatic carbocycles. The molecule has 4 N–H and O–H groups in total. The van der Waals surface area contributed by atoms with Crippen LogP contribution in [0.15, 0.2) is 48.5 Å². The summed E-state index contributed by atoms with van der Waals surface area (Å²) in [7, 11) is 0. The lowest BCUT2D eigenvalue weighted by Crippen LogP contribution is -2.37. The van der Waals surface area contributed by atoms with Crippen LogP contribution in [0.1, 0.15) is 193 Å². The molecular weight excluding hydrogens is 729 g/mol. The Morgan fingerprint density at radius 1 is 0.407 bits per heavy atom. The second-order valence-corrected chi connectivity index (χ2v) is 17.1. The Morgan fingerprint density at radius 2 is 0.712 bits per heavy atom. The standard InChI is InChI=1S/C51H90N6O2/c1-5-9-13-17-21-25-37-56(38-26-22-18-14-10-6-2)41-35-52-50(58)54-48-33-29-31-46(44-48)43-47-32-30-34-49(45-47)55-51(59)53-36-42-57(39-27-23-19-15-11-7-3)40-28-24-20-16-12-8-4/h29-34,44-45H,5-28,35-43H2,1-4H3,(H2,52,54,58)(H2,53,55,59). The van der Waals surface area contributed by atoms with Crippen LogP contribution in [-0.2, 0) is 6.42 Å². The van der Waals surface area contributed by atoms with Crippen molar-refractivity contribution in [2.24, 2.45) is 0 Å². The summed E-state index contributed by atoms with van der Waals surface area (Å²) in [4.78, 5) is 31.0. The molecule has 0 aromatic heterocycles. The van der Waals surface area contributed by atoms with Crippen molar-refractivity contribution < 1.29 is 9.59 Å². The topological polar surface area (TPSA) is 88.7 Å². The van der Waals surface area contributed by atoms with Crippen molar-refractivity contribution in [2.75, 3.05) is 63.0 Å². The van der Waals surface area contributed by atoms with E-state index >= 15 is 0 Å². The van der Waals surface area contributed by atoms with Gasteiger partial charge in [0.05, 0.1) is 0 Å². The highest BCUT2D eigenvalue weighted by atomic mass is 16.2. The van der Waals surface area contributed by atoms with Crippen LogP contribution in [0.5, 0.6) is 0 Å². The molecule has 0 saturated heterocycles. The van der Waals surface area contributed by atoms with E-state index in [4.69, 9.17) is 0 Å². The molecule has 0 saturated carbocycles. The Kier molecular flexibility index (Phi) is 32.4. The van der Waals surface area contributed by atoms with Crippen molar-refractivity contribution in [1.82, 2.24) is 20.4 Å². The highest BCUT2D eigenvalue weighted by molar-refractivity contribution is 5.90. The van der Waals surface area contributed by atoms with Gasteiger partial charge in [0.2, 0.25) is 0 Å². The fourth-order valence-corrected chi connectivity index (χ4v) is 7.89. The van der Waals surface area contributed by atoms with E-state index in [0.717, 1.165) is 61.8 Å². The second kappa shape index (κ2) is 36.7. The van der Waals surface area contributed by atoms with Gasteiger partial charge in [0.25, 0.3) is 0 Å². The summed E-state index contributed by atoms with van der Waals surface area (Å²) in [6.07, 6.45) is 32.0. The molecule has 0 aliphatic heterocycles. The van der Waals surface area contributed by atoms with Crippen molar-refractivity contribution in [2.45, 2.75) is 188 Å². The molecule has 336 valence electrons. The molecule has 2 rings (SSSR count). The Labute approximate surface area is 363 Å². The average molecular weight is 819 g/mol. The zero-order valence-electron chi connectivity index (χ0n) is 38.7. The quantitative estimate of drug-likeness (QED) is 0.0508. The summed E-state index contributed by atoms with van der Waals surface area (Å²) in [6.45, 7) is 16.6. The minimum absolute atomic E-state index is 0.161. The Hall–Kier alpha value is -3.10. The van der Waals surface area contributed by atoms with Crippen LogP contribution in [0.2, 0.25) is 0 Å². The second-order valence-electron chi connectivity index (χ2n) is 17.1. The predicted octanol–water partition coefficient (Wildman–Crippen LogP) is 13.6. The number of benzene rings is 2. The molecule has 0 heterocycles. The number of carbonyl (C=O) groups is 2. The Bertz CT molecular complexity index is 1180. The largest absolute Gasteiger partial charge is 0.337 e. The van der Waals surface area contributed by atoms with Gasteiger partial charge < -0.3 is 31.1 Å². The molecule has 59 heavy (non-hydrogen) atoms. The number of urea groups is 2. The van der Waals surface area contributed by atoms with E-state index in [1.807, 2.05) is 36.4 Å². The van der Waals surface area contributed by atoms with Gasteiger partial charge in [0, 0.05) is 37.6 Å². The number of nitrogens with zero attached hydrogens (tertiary/aromatic N) is 2. The third-order valence-electron chi connectivity index (χ3n) is 11.5. The number of carbonyl (C=O) groups excluding carboxylic acids is 2. The van der Waals surface area contributed by atoms with Gasteiger partial charge in [0.1, 0.15) is 0 Å². The maximum atomic E-state index is 12.9. The normalized spacial score (nSPS) is 11.4. The lowest BCUT2D eigenvalue weighted by molar-refractivity contribution is 0.241. The number of nitrogens with one attached hydrogen (secondary N) is 4. The summed E-state index contributed by atoms with van der Waals surface area (Å²) in [6, 6.07) is 15.8. The smallest absolute Gasteiger partial charge is 0.319 e. The first-order chi connectivity index (χ1) is 29.0. The van der Waals surface area contributed by atoms with Crippen LogP contribution >= 0.6 is 0 Å². The van der Waals surface area contributed by atoms with Crippen LogP contribution in [0, 0.1) is 0 Å². The van der Waals surface area contributed by atoms with E-state index in [2.05, 4.69) is 70.9 Å². The third-order valence-corrected chi connectivity index (χ3v) is 11.5. The molecule has 8 nitrogen and oxygen atoms in total. The first-order valence-electron chi connectivity index (χ1n) is 24.7. The van der Waals surface area contributed by atoms with E-state index in [-0.39, 0.29) is 12.1 Å². The third kappa shape index (κ3) is 28.9. The average Bonchev–Trinajstić information content (AvgIpc) is 3.22. The lowest BCUT2D eigenvalue weighted by atomic mass is 10.0. The van der Waals surface area contributed by atoms with Crippen molar-refractivity contribution in [3.8, 4) is 0 Å². The van der Waals surface area contributed by atoms with Crippen molar-refractivity contribution in [3.63, 3.8) is 0 Å². The summed E-state index contributed by atoms with van der Waals surface area (Å²) in [5, 5.41) is 12.3. The van der Waals surface area contributed by atoms with Crippen molar-refractivity contribution in [1.29, 1.82) is 0 Å². The first kappa shape index (κ1) is 52.0. The number of rotatable bonds is 38. The molecule has 0 atom stereocenters. The molecule has 0 aliphatic carbocycles. The van der Waals surface area contributed by atoms with Crippen LogP contribution < -0.4 is 21.3 Å². The number of amides is 4.